The van der Waals surface area contributed by atoms with Gasteiger partial charge in [-0.05, 0) is 55.2 Å². The molecule has 2 N–H and O–H groups in total. The third-order valence-electron chi connectivity index (χ3n) is 6.91. The third kappa shape index (κ3) is 1.65. The van der Waals surface area contributed by atoms with E-state index in [4.69, 9.17) is 10.8 Å². The van der Waals surface area contributed by atoms with Crippen LogP contribution in [0.15, 0.2) is 42.5 Å². The number of nitrogens with one attached hydrogen (secondary N) is 2. The number of fused-ring (bicyclic) bond motifs is 6. The molecule has 0 bridgehead atoms. The van der Waals surface area contributed by atoms with Crippen molar-refractivity contribution >= 4 is 23.0 Å². The van der Waals surface area contributed by atoms with Gasteiger partial charge in [-0.3, -0.25) is 10.8 Å². The van der Waals surface area contributed by atoms with E-state index in [1.165, 1.54) is 16.7 Å². The van der Waals surface area contributed by atoms with Gasteiger partial charge >= 0.3 is 0 Å². The van der Waals surface area contributed by atoms with Crippen molar-refractivity contribution in [1.82, 2.24) is 0 Å². The summed E-state index contributed by atoms with van der Waals surface area (Å²) in [7, 11) is 0. The first-order valence-electron chi connectivity index (χ1n) is 9.22. The number of hydrogen-bond donors (Lipinski definition) is 2. The van der Waals surface area contributed by atoms with Crippen molar-refractivity contribution in [2.75, 3.05) is 9.80 Å². The quantitative estimate of drug-likeness (QED) is 0.795. The summed E-state index contributed by atoms with van der Waals surface area (Å²) in [6, 6.07) is 14.9. The number of benzene rings is 2. The maximum absolute atomic E-state index is 8.73. The van der Waals surface area contributed by atoms with Crippen LogP contribution in [-0.4, -0.2) is 17.8 Å². The minimum absolute atomic E-state index is 0.0106. The van der Waals surface area contributed by atoms with Crippen molar-refractivity contribution in [3.8, 4) is 0 Å². The second-order valence-corrected chi connectivity index (χ2v) is 8.60. The number of rotatable bonds is 1. The monoisotopic (exact) mass is 344 g/mol. The van der Waals surface area contributed by atoms with Crippen LogP contribution in [0, 0.1) is 30.1 Å². The lowest BCUT2D eigenvalue weighted by Crippen LogP contribution is -2.51. The molecule has 4 nitrogen and oxygen atoms in total. The summed E-state index contributed by atoms with van der Waals surface area (Å²) in [5.41, 5.74) is 5.94. The third-order valence-corrected chi connectivity index (χ3v) is 6.91. The molecule has 0 spiro atoms. The maximum atomic E-state index is 8.73. The smallest absolute Gasteiger partial charge is 0.170 e. The normalized spacial score (nSPS) is 31.6. The van der Waals surface area contributed by atoms with E-state index in [1.807, 2.05) is 6.07 Å². The van der Waals surface area contributed by atoms with Crippen LogP contribution in [0.5, 0.6) is 0 Å². The Balaban J connectivity index is 1.75. The van der Waals surface area contributed by atoms with Gasteiger partial charge < -0.3 is 9.80 Å². The van der Waals surface area contributed by atoms with Crippen molar-refractivity contribution < 1.29 is 0 Å². The standard InChI is InChI=1S/C22H24N4/c1-13-6-5-7-15(10-13)25-18(23)19(24)26-17-11-14(2)8-9-16(17)21(3)12-22(21,4)20(25)26/h5-11,20,23-24H,12H2,1-4H3. The molecule has 132 valence electrons. The van der Waals surface area contributed by atoms with Gasteiger partial charge in [0.15, 0.2) is 11.7 Å². The average molecular weight is 344 g/mol. The lowest BCUT2D eigenvalue weighted by atomic mass is 9.81. The summed E-state index contributed by atoms with van der Waals surface area (Å²) < 4.78 is 0. The molecule has 2 aromatic carbocycles. The number of aryl methyl sites for hydroxylation is 2. The van der Waals surface area contributed by atoms with Crippen LogP contribution in [0.25, 0.3) is 0 Å². The fourth-order valence-corrected chi connectivity index (χ4v) is 5.24. The van der Waals surface area contributed by atoms with Gasteiger partial charge in [-0.2, -0.15) is 0 Å². The largest absolute Gasteiger partial charge is 0.302 e. The first kappa shape index (κ1) is 15.6. The van der Waals surface area contributed by atoms with Gasteiger partial charge in [-0.25, -0.2) is 0 Å². The van der Waals surface area contributed by atoms with E-state index >= 15 is 0 Å². The van der Waals surface area contributed by atoms with E-state index in [-0.39, 0.29) is 17.0 Å². The van der Waals surface area contributed by atoms with Gasteiger partial charge in [0.05, 0.1) is 0 Å². The van der Waals surface area contributed by atoms with E-state index in [1.54, 1.807) is 0 Å². The minimum Gasteiger partial charge on any atom is -0.302 e. The van der Waals surface area contributed by atoms with E-state index in [0.29, 0.717) is 11.7 Å². The van der Waals surface area contributed by atoms with Crippen LogP contribution in [0.1, 0.15) is 37.0 Å². The second kappa shape index (κ2) is 4.56. The van der Waals surface area contributed by atoms with Crippen LogP contribution in [0.3, 0.4) is 0 Å². The molecule has 4 heteroatoms. The second-order valence-electron chi connectivity index (χ2n) is 8.60. The number of nitrogens with zero attached hydrogens (tertiary/aromatic N) is 2. The predicted molar refractivity (Wildman–Crippen MR) is 107 cm³/mol. The Kier molecular flexibility index (Phi) is 2.74. The molecule has 1 saturated carbocycles. The Morgan fingerprint density at radius 2 is 1.62 bits per heavy atom. The zero-order valence-electron chi connectivity index (χ0n) is 15.7. The summed E-state index contributed by atoms with van der Waals surface area (Å²) in [5, 5.41) is 17.5. The molecule has 2 fully saturated rings. The molecule has 2 aromatic rings. The minimum atomic E-state index is -0.0106. The molecule has 0 aromatic heterocycles. The van der Waals surface area contributed by atoms with E-state index in [2.05, 4.69) is 73.9 Å². The van der Waals surface area contributed by atoms with Crippen LogP contribution >= 0.6 is 0 Å². The molecule has 3 aliphatic rings. The summed E-state index contributed by atoms with van der Waals surface area (Å²) >= 11 is 0. The van der Waals surface area contributed by atoms with Crippen molar-refractivity contribution in [3.05, 3.63) is 59.2 Å². The average Bonchev–Trinajstić information content (AvgIpc) is 3.07. The summed E-state index contributed by atoms with van der Waals surface area (Å²) in [6.07, 6.45) is 1.07. The van der Waals surface area contributed by atoms with Crippen molar-refractivity contribution in [2.24, 2.45) is 5.41 Å². The molecule has 5 rings (SSSR count). The molecule has 3 unspecified atom stereocenters. The van der Waals surface area contributed by atoms with Gasteiger partial charge in [-0.1, -0.05) is 38.1 Å². The Morgan fingerprint density at radius 3 is 2.35 bits per heavy atom. The molecule has 0 amide bonds. The Labute approximate surface area is 154 Å². The molecule has 1 saturated heterocycles. The van der Waals surface area contributed by atoms with E-state index < -0.39 is 0 Å². The van der Waals surface area contributed by atoms with E-state index in [9.17, 15) is 0 Å². The highest BCUT2D eigenvalue weighted by atomic mass is 15.5. The zero-order chi connectivity index (χ0) is 18.4. The van der Waals surface area contributed by atoms with Gasteiger partial charge in [0, 0.05) is 22.2 Å². The molecule has 1 aliphatic carbocycles. The fraction of sp³-hybridized carbons (Fsp3) is 0.364. The van der Waals surface area contributed by atoms with Crippen molar-refractivity contribution in [3.63, 3.8) is 0 Å². The van der Waals surface area contributed by atoms with Gasteiger partial charge in [0.1, 0.15) is 6.17 Å². The highest BCUT2D eigenvalue weighted by Crippen LogP contribution is 2.72. The maximum Gasteiger partial charge on any atom is 0.170 e. The van der Waals surface area contributed by atoms with Gasteiger partial charge in [-0.15, -0.1) is 0 Å². The highest BCUT2D eigenvalue weighted by Gasteiger charge is 2.73. The van der Waals surface area contributed by atoms with Crippen LogP contribution in [-0.2, 0) is 5.41 Å². The number of amidine groups is 2. The lowest BCUT2D eigenvalue weighted by molar-refractivity contribution is 0.378. The SMILES string of the molecule is Cc1cccc(N2C(=N)C(=N)N3c4cc(C)ccc4C4(C)CC4(C)C23)c1. The Hall–Kier alpha value is -2.62. The fourth-order valence-electron chi connectivity index (χ4n) is 5.24. The highest BCUT2D eigenvalue weighted by molar-refractivity contribution is 6.51. The molecule has 3 atom stereocenters. The van der Waals surface area contributed by atoms with Gasteiger partial charge in [0.2, 0.25) is 0 Å². The Morgan fingerprint density at radius 1 is 0.923 bits per heavy atom. The molecule has 2 aliphatic heterocycles. The summed E-state index contributed by atoms with van der Waals surface area (Å²) in [4.78, 5) is 4.17. The molecular formula is C22H24N4. The molecule has 0 radical (unpaired) electrons. The van der Waals surface area contributed by atoms with Crippen LogP contribution < -0.4 is 9.80 Å². The predicted octanol–water partition coefficient (Wildman–Crippen LogP) is 4.59. The lowest BCUT2D eigenvalue weighted by Gasteiger charge is -2.43. The Bertz CT molecular complexity index is 993. The van der Waals surface area contributed by atoms with E-state index in [0.717, 1.165) is 17.8 Å². The summed E-state index contributed by atoms with van der Waals surface area (Å²) in [6.45, 7) is 8.84. The molecule has 2 heterocycles. The van der Waals surface area contributed by atoms with Crippen molar-refractivity contribution in [1.29, 1.82) is 10.8 Å². The first-order chi connectivity index (χ1) is 12.3. The number of hydrogen-bond acceptors (Lipinski definition) is 2. The molecular weight excluding hydrogens is 320 g/mol. The van der Waals surface area contributed by atoms with Crippen LogP contribution in [0.4, 0.5) is 11.4 Å². The topological polar surface area (TPSA) is 54.2 Å². The number of anilines is 2. The van der Waals surface area contributed by atoms with Crippen molar-refractivity contribution in [2.45, 2.75) is 45.7 Å². The summed E-state index contributed by atoms with van der Waals surface area (Å²) in [5.74, 6) is 0.601. The zero-order valence-corrected chi connectivity index (χ0v) is 15.7. The first-order valence-corrected chi connectivity index (χ1v) is 9.22. The van der Waals surface area contributed by atoms with Gasteiger partial charge in [0.25, 0.3) is 0 Å². The molecule has 26 heavy (non-hydrogen) atoms. The van der Waals surface area contributed by atoms with Crippen LogP contribution in [0.2, 0.25) is 0 Å².